The van der Waals surface area contributed by atoms with Crippen LogP contribution in [-0.2, 0) is 16.0 Å². The SMILES string of the molecule is CCCC(=O)N1CCN(C(=O)Cc2cccc(F)c2)CC1. The van der Waals surface area contributed by atoms with E-state index in [4.69, 9.17) is 0 Å². The molecule has 114 valence electrons. The zero-order valence-electron chi connectivity index (χ0n) is 12.3. The lowest BCUT2D eigenvalue weighted by Crippen LogP contribution is -2.50. The van der Waals surface area contributed by atoms with Crippen LogP contribution in [0.25, 0.3) is 0 Å². The fourth-order valence-electron chi connectivity index (χ4n) is 2.51. The Morgan fingerprint density at radius 3 is 2.29 bits per heavy atom. The molecule has 2 rings (SSSR count). The van der Waals surface area contributed by atoms with Gasteiger partial charge in [0.15, 0.2) is 0 Å². The maximum absolute atomic E-state index is 13.1. The summed E-state index contributed by atoms with van der Waals surface area (Å²) in [5.74, 6) is -0.173. The van der Waals surface area contributed by atoms with Gasteiger partial charge in [-0.1, -0.05) is 19.1 Å². The Morgan fingerprint density at radius 2 is 1.71 bits per heavy atom. The van der Waals surface area contributed by atoms with Crippen LogP contribution in [0.1, 0.15) is 25.3 Å². The predicted molar refractivity (Wildman–Crippen MR) is 78.2 cm³/mol. The number of hydrogen-bond donors (Lipinski definition) is 0. The lowest BCUT2D eigenvalue weighted by molar-refractivity contribution is -0.139. The highest BCUT2D eigenvalue weighted by Gasteiger charge is 2.23. The van der Waals surface area contributed by atoms with E-state index < -0.39 is 0 Å². The molecule has 0 bridgehead atoms. The van der Waals surface area contributed by atoms with Crippen LogP contribution in [-0.4, -0.2) is 47.8 Å². The van der Waals surface area contributed by atoms with Crippen molar-refractivity contribution in [2.45, 2.75) is 26.2 Å². The molecule has 2 amide bonds. The largest absolute Gasteiger partial charge is 0.339 e. The second-order valence-electron chi connectivity index (χ2n) is 5.32. The first-order valence-corrected chi connectivity index (χ1v) is 7.40. The van der Waals surface area contributed by atoms with E-state index in [1.807, 2.05) is 11.8 Å². The topological polar surface area (TPSA) is 40.6 Å². The molecule has 0 aromatic heterocycles. The monoisotopic (exact) mass is 292 g/mol. The fourth-order valence-corrected chi connectivity index (χ4v) is 2.51. The summed E-state index contributed by atoms with van der Waals surface area (Å²) in [7, 11) is 0. The molecule has 21 heavy (non-hydrogen) atoms. The number of piperazine rings is 1. The maximum atomic E-state index is 13.1. The number of carbonyl (C=O) groups excluding carboxylic acids is 2. The highest BCUT2D eigenvalue weighted by molar-refractivity contribution is 5.80. The number of amides is 2. The number of rotatable bonds is 4. The Morgan fingerprint density at radius 1 is 1.10 bits per heavy atom. The van der Waals surface area contributed by atoms with Crippen molar-refractivity contribution in [3.8, 4) is 0 Å². The van der Waals surface area contributed by atoms with E-state index in [1.165, 1.54) is 12.1 Å². The molecular formula is C16H21FN2O2. The van der Waals surface area contributed by atoms with Gasteiger partial charge in [-0.3, -0.25) is 9.59 Å². The molecule has 1 heterocycles. The fraction of sp³-hybridized carbons (Fsp3) is 0.500. The van der Waals surface area contributed by atoms with E-state index >= 15 is 0 Å². The summed E-state index contributed by atoms with van der Waals surface area (Å²) in [6, 6.07) is 6.12. The molecule has 1 aliphatic heterocycles. The molecule has 0 radical (unpaired) electrons. The normalized spacial score (nSPS) is 15.1. The van der Waals surface area contributed by atoms with E-state index in [0.717, 1.165) is 6.42 Å². The molecule has 0 N–H and O–H groups in total. The van der Waals surface area contributed by atoms with Gasteiger partial charge in [-0.05, 0) is 24.1 Å². The summed E-state index contributed by atoms with van der Waals surface area (Å²) in [6.45, 7) is 4.28. The number of carbonyl (C=O) groups is 2. The minimum atomic E-state index is -0.324. The molecule has 1 fully saturated rings. The third kappa shape index (κ3) is 4.28. The molecule has 1 aliphatic rings. The molecule has 1 aromatic carbocycles. The van der Waals surface area contributed by atoms with Gasteiger partial charge in [-0.25, -0.2) is 4.39 Å². The van der Waals surface area contributed by atoms with Crippen molar-refractivity contribution >= 4 is 11.8 Å². The summed E-state index contributed by atoms with van der Waals surface area (Å²) < 4.78 is 13.1. The predicted octanol–water partition coefficient (Wildman–Crippen LogP) is 1.84. The highest BCUT2D eigenvalue weighted by Crippen LogP contribution is 2.09. The molecule has 1 saturated heterocycles. The van der Waals surface area contributed by atoms with Crippen LogP contribution < -0.4 is 0 Å². The summed E-state index contributed by atoms with van der Waals surface area (Å²) in [6.07, 6.45) is 1.62. The van der Waals surface area contributed by atoms with Crippen LogP contribution in [0.2, 0.25) is 0 Å². The zero-order chi connectivity index (χ0) is 15.2. The molecule has 0 saturated carbocycles. The van der Waals surface area contributed by atoms with Gasteiger partial charge in [0.05, 0.1) is 6.42 Å². The van der Waals surface area contributed by atoms with Gasteiger partial charge in [0.1, 0.15) is 5.82 Å². The molecular weight excluding hydrogens is 271 g/mol. The second kappa shape index (κ2) is 7.20. The minimum absolute atomic E-state index is 0.0109. The van der Waals surface area contributed by atoms with Crippen LogP contribution in [0.15, 0.2) is 24.3 Å². The van der Waals surface area contributed by atoms with E-state index in [0.29, 0.717) is 38.2 Å². The van der Waals surface area contributed by atoms with E-state index in [1.54, 1.807) is 17.0 Å². The van der Waals surface area contributed by atoms with E-state index in [9.17, 15) is 14.0 Å². The lowest BCUT2D eigenvalue weighted by Gasteiger charge is -2.35. The summed E-state index contributed by atoms with van der Waals surface area (Å²) in [4.78, 5) is 27.5. The van der Waals surface area contributed by atoms with Crippen molar-refractivity contribution in [1.29, 1.82) is 0 Å². The van der Waals surface area contributed by atoms with E-state index in [-0.39, 0.29) is 24.1 Å². The van der Waals surface area contributed by atoms with Gasteiger partial charge in [0.2, 0.25) is 11.8 Å². The van der Waals surface area contributed by atoms with Gasteiger partial charge in [0, 0.05) is 32.6 Å². The summed E-state index contributed by atoms with van der Waals surface area (Å²) in [5.41, 5.74) is 0.685. The Balaban J connectivity index is 1.84. The number of benzene rings is 1. The van der Waals surface area contributed by atoms with Gasteiger partial charge in [-0.2, -0.15) is 0 Å². The van der Waals surface area contributed by atoms with Crippen molar-refractivity contribution in [3.05, 3.63) is 35.6 Å². The van der Waals surface area contributed by atoms with Crippen LogP contribution in [0, 0.1) is 5.82 Å². The van der Waals surface area contributed by atoms with Gasteiger partial charge < -0.3 is 9.80 Å². The van der Waals surface area contributed by atoms with E-state index in [2.05, 4.69) is 0 Å². The molecule has 0 aliphatic carbocycles. The first-order valence-electron chi connectivity index (χ1n) is 7.40. The number of nitrogens with zero attached hydrogens (tertiary/aromatic N) is 2. The maximum Gasteiger partial charge on any atom is 0.227 e. The summed E-state index contributed by atoms with van der Waals surface area (Å²) in [5, 5.41) is 0. The molecule has 0 unspecified atom stereocenters. The first-order chi connectivity index (χ1) is 10.1. The minimum Gasteiger partial charge on any atom is -0.339 e. The zero-order valence-corrected chi connectivity index (χ0v) is 12.3. The Bertz CT molecular complexity index is 511. The second-order valence-corrected chi connectivity index (χ2v) is 5.32. The van der Waals surface area contributed by atoms with Gasteiger partial charge >= 0.3 is 0 Å². The Kier molecular flexibility index (Phi) is 5.31. The van der Waals surface area contributed by atoms with Gasteiger partial charge in [-0.15, -0.1) is 0 Å². The van der Waals surface area contributed by atoms with Crippen LogP contribution in [0.5, 0.6) is 0 Å². The van der Waals surface area contributed by atoms with Crippen LogP contribution in [0.3, 0.4) is 0 Å². The Hall–Kier alpha value is -1.91. The number of halogens is 1. The lowest BCUT2D eigenvalue weighted by atomic mass is 10.1. The van der Waals surface area contributed by atoms with Crippen LogP contribution in [0.4, 0.5) is 4.39 Å². The van der Waals surface area contributed by atoms with Crippen molar-refractivity contribution in [2.24, 2.45) is 0 Å². The molecule has 4 nitrogen and oxygen atoms in total. The molecule has 1 aromatic rings. The third-order valence-electron chi connectivity index (χ3n) is 3.69. The quantitative estimate of drug-likeness (QED) is 0.849. The van der Waals surface area contributed by atoms with Crippen molar-refractivity contribution in [2.75, 3.05) is 26.2 Å². The highest BCUT2D eigenvalue weighted by atomic mass is 19.1. The average Bonchev–Trinajstić information content (AvgIpc) is 2.47. The molecule has 5 heteroatoms. The van der Waals surface area contributed by atoms with Crippen molar-refractivity contribution in [1.82, 2.24) is 9.80 Å². The number of hydrogen-bond acceptors (Lipinski definition) is 2. The Labute approximate surface area is 124 Å². The average molecular weight is 292 g/mol. The molecule has 0 spiro atoms. The van der Waals surface area contributed by atoms with Crippen molar-refractivity contribution < 1.29 is 14.0 Å². The smallest absolute Gasteiger partial charge is 0.227 e. The third-order valence-corrected chi connectivity index (χ3v) is 3.69. The molecule has 0 atom stereocenters. The van der Waals surface area contributed by atoms with Crippen molar-refractivity contribution in [3.63, 3.8) is 0 Å². The van der Waals surface area contributed by atoms with Crippen LogP contribution >= 0.6 is 0 Å². The van der Waals surface area contributed by atoms with Gasteiger partial charge in [0.25, 0.3) is 0 Å². The summed E-state index contributed by atoms with van der Waals surface area (Å²) >= 11 is 0. The first kappa shape index (κ1) is 15.5. The standard InChI is InChI=1S/C16H21FN2O2/c1-2-4-15(20)18-7-9-19(10-8-18)16(21)12-13-5-3-6-14(17)11-13/h3,5-6,11H,2,4,7-10,12H2,1H3.